The number of rotatable bonds is 5. The second-order valence-corrected chi connectivity index (χ2v) is 6.58. The van der Waals surface area contributed by atoms with Gasteiger partial charge in [-0.2, -0.15) is 0 Å². The van der Waals surface area contributed by atoms with E-state index in [2.05, 4.69) is 23.5 Å². The van der Waals surface area contributed by atoms with Crippen molar-refractivity contribution >= 4 is 5.69 Å². The van der Waals surface area contributed by atoms with E-state index in [-0.39, 0.29) is 12.2 Å². The molecule has 0 bridgehead atoms. The predicted molar refractivity (Wildman–Crippen MR) is 95.5 cm³/mol. The van der Waals surface area contributed by atoms with Crippen LogP contribution in [0.5, 0.6) is 5.75 Å². The van der Waals surface area contributed by atoms with Crippen LogP contribution in [0.4, 0.5) is 5.69 Å². The van der Waals surface area contributed by atoms with Crippen LogP contribution in [-0.2, 0) is 16.1 Å². The lowest BCUT2D eigenvalue weighted by molar-refractivity contribution is -0.159. The first kappa shape index (κ1) is 16.8. The van der Waals surface area contributed by atoms with Crippen molar-refractivity contribution in [2.75, 3.05) is 19.5 Å². The molecule has 24 heavy (non-hydrogen) atoms. The van der Waals surface area contributed by atoms with Gasteiger partial charge < -0.3 is 19.5 Å². The van der Waals surface area contributed by atoms with Crippen LogP contribution in [0.1, 0.15) is 31.1 Å². The molecular formula is C20H25NO3. The summed E-state index contributed by atoms with van der Waals surface area (Å²) in [6.45, 7) is 4.62. The lowest BCUT2D eigenvalue weighted by Crippen LogP contribution is -2.50. The van der Waals surface area contributed by atoms with E-state index in [1.807, 2.05) is 51.2 Å². The van der Waals surface area contributed by atoms with E-state index in [9.17, 15) is 0 Å². The fourth-order valence-electron chi connectivity index (χ4n) is 3.19. The topological polar surface area (TPSA) is 39.7 Å². The van der Waals surface area contributed by atoms with Gasteiger partial charge in [0.2, 0.25) is 0 Å². The molecule has 0 aromatic heterocycles. The van der Waals surface area contributed by atoms with Gasteiger partial charge in [0, 0.05) is 25.4 Å². The molecule has 128 valence electrons. The summed E-state index contributed by atoms with van der Waals surface area (Å²) in [6.07, 6.45) is -0.386. The van der Waals surface area contributed by atoms with E-state index in [1.54, 1.807) is 7.11 Å². The normalized spacial score (nSPS) is 21.7. The summed E-state index contributed by atoms with van der Waals surface area (Å²) in [6, 6.07) is 16.2. The lowest BCUT2D eigenvalue weighted by Gasteiger charge is -2.44. The minimum absolute atomic E-state index is 0.180. The molecule has 0 amide bonds. The highest BCUT2D eigenvalue weighted by Gasteiger charge is 2.45. The molecule has 0 fully saturated rings. The van der Waals surface area contributed by atoms with Gasteiger partial charge in [0.05, 0.1) is 6.61 Å². The zero-order chi connectivity index (χ0) is 17.2. The number of ether oxygens (including phenoxy) is 3. The average Bonchev–Trinajstić information content (AvgIpc) is 2.59. The first-order valence-electron chi connectivity index (χ1n) is 8.24. The second-order valence-electron chi connectivity index (χ2n) is 6.58. The fourth-order valence-corrected chi connectivity index (χ4v) is 3.19. The molecule has 1 aliphatic heterocycles. The van der Waals surface area contributed by atoms with Crippen molar-refractivity contribution in [3.05, 3.63) is 59.7 Å². The molecule has 0 unspecified atom stereocenters. The summed E-state index contributed by atoms with van der Waals surface area (Å²) in [5.74, 6) is 0.852. The van der Waals surface area contributed by atoms with Crippen molar-refractivity contribution in [1.82, 2.24) is 0 Å². The van der Waals surface area contributed by atoms with Crippen molar-refractivity contribution in [1.29, 1.82) is 0 Å². The van der Waals surface area contributed by atoms with Crippen LogP contribution in [0.3, 0.4) is 0 Å². The molecule has 2 atom stereocenters. The van der Waals surface area contributed by atoms with Crippen molar-refractivity contribution in [3.8, 4) is 5.75 Å². The summed E-state index contributed by atoms with van der Waals surface area (Å²) >= 11 is 0. The molecule has 0 aliphatic carbocycles. The molecule has 0 saturated carbocycles. The molecule has 3 rings (SSSR count). The number of fused-ring (bicyclic) bond motifs is 1. The number of methoxy groups -OCH3 is 1. The standard InChI is InChI=1S/C20H25NO3/c1-20(2)19(23-13-14-8-6-5-7-9-14)18(22-4)16-12-15(21-3)10-11-17(16)24-20/h5-12,18-19,21H,13H2,1-4H3/t18-,19+/m1/s1. The van der Waals surface area contributed by atoms with Gasteiger partial charge in [0.25, 0.3) is 0 Å². The van der Waals surface area contributed by atoms with E-state index in [0.717, 1.165) is 22.6 Å². The Morgan fingerprint density at radius 3 is 2.54 bits per heavy atom. The zero-order valence-electron chi connectivity index (χ0n) is 14.7. The number of benzene rings is 2. The van der Waals surface area contributed by atoms with Gasteiger partial charge in [-0.15, -0.1) is 0 Å². The van der Waals surface area contributed by atoms with E-state index in [0.29, 0.717) is 6.61 Å². The number of hydrogen-bond donors (Lipinski definition) is 1. The minimum atomic E-state index is -0.483. The largest absolute Gasteiger partial charge is 0.485 e. The van der Waals surface area contributed by atoms with Crippen LogP contribution in [0.25, 0.3) is 0 Å². The van der Waals surface area contributed by atoms with Gasteiger partial charge in [-0.05, 0) is 37.6 Å². The number of anilines is 1. The third-order valence-corrected chi connectivity index (χ3v) is 4.46. The van der Waals surface area contributed by atoms with Crippen LogP contribution >= 0.6 is 0 Å². The molecule has 2 aromatic carbocycles. The molecule has 4 nitrogen and oxygen atoms in total. The van der Waals surface area contributed by atoms with Gasteiger partial charge in [-0.3, -0.25) is 0 Å². The van der Waals surface area contributed by atoms with Crippen LogP contribution in [0.2, 0.25) is 0 Å². The second kappa shape index (κ2) is 6.83. The summed E-state index contributed by atoms with van der Waals surface area (Å²) in [5.41, 5.74) is 2.70. The molecular weight excluding hydrogens is 302 g/mol. The highest BCUT2D eigenvalue weighted by Crippen LogP contribution is 2.44. The van der Waals surface area contributed by atoms with E-state index >= 15 is 0 Å². The molecule has 1 N–H and O–H groups in total. The van der Waals surface area contributed by atoms with Crippen LogP contribution < -0.4 is 10.1 Å². The molecule has 0 saturated heterocycles. The maximum absolute atomic E-state index is 6.25. The summed E-state index contributed by atoms with van der Waals surface area (Å²) in [4.78, 5) is 0. The van der Waals surface area contributed by atoms with E-state index < -0.39 is 5.60 Å². The van der Waals surface area contributed by atoms with Gasteiger partial charge in [0.15, 0.2) is 0 Å². The third kappa shape index (κ3) is 3.25. The monoisotopic (exact) mass is 327 g/mol. The van der Waals surface area contributed by atoms with Crippen LogP contribution in [-0.4, -0.2) is 25.9 Å². The Morgan fingerprint density at radius 1 is 1.12 bits per heavy atom. The highest BCUT2D eigenvalue weighted by molar-refractivity contribution is 5.53. The van der Waals surface area contributed by atoms with Crippen molar-refractivity contribution < 1.29 is 14.2 Å². The smallest absolute Gasteiger partial charge is 0.132 e. The molecule has 1 heterocycles. The molecule has 1 aliphatic rings. The van der Waals surface area contributed by atoms with Crippen molar-refractivity contribution in [2.24, 2.45) is 0 Å². The van der Waals surface area contributed by atoms with Gasteiger partial charge in [-0.25, -0.2) is 0 Å². The number of hydrogen-bond acceptors (Lipinski definition) is 4. The Balaban J connectivity index is 1.88. The third-order valence-electron chi connectivity index (χ3n) is 4.46. The summed E-state index contributed by atoms with van der Waals surface area (Å²) < 4.78 is 18.3. The maximum atomic E-state index is 6.25. The fraction of sp³-hybridized carbons (Fsp3) is 0.400. The van der Waals surface area contributed by atoms with Crippen molar-refractivity contribution in [3.63, 3.8) is 0 Å². The SMILES string of the molecule is CNc1ccc2c(c1)[C@@H](OC)[C@H](OCc1ccccc1)C(C)(C)O2. The molecule has 0 radical (unpaired) electrons. The first-order chi connectivity index (χ1) is 11.5. The van der Waals surface area contributed by atoms with Crippen LogP contribution in [0.15, 0.2) is 48.5 Å². The van der Waals surface area contributed by atoms with E-state index in [1.165, 1.54) is 0 Å². The van der Waals surface area contributed by atoms with Gasteiger partial charge in [-0.1, -0.05) is 30.3 Å². The molecule has 0 spiro atoms. The average molecular weight is 327 g/mol. The highest BCUT2D eigenvalue weighted by atomic mass is 16.6. The summed E-state index contributed by atoms with van der Waals surface area (Å²) in [5, 5.41) is 3.16. The first-order valence-corrected chi connectivity index (χ1v) is 8.24. The Labute approximate surface area is 143 Å². The van der Waals surface area contributed by atoms with Crippen LogP contribution in [0, 0.1) is 0 Å². The van der Waals surface area contributed by atoms with E-state index in [4.69, 9.17) is 14.2 Å². The Hall–Kier alpha value is -2.04. The Morgan fingerprint density at radius 2 is 1.88 bits per heavy atom. The van der Waals surface area contributed by atoms with Gasteiger partial charge >= 0.3 is 0 Å². The quantitative estimate of drug-likeness (QED) is 0.894. The number of nitrogens with one attached hydrogen (secondary N) is 1. The maximum Gasteiger partial charge on any atom is 0.132 e. The minimum Gasteiger partial charge on any atom is -0.485 e. The molecule has 2 aromatic rings. The predicted octanol–water partition coefficient (Wildman–Crippen LogP) is 4.17. The Kier molecular flexibility index (Phi) is 4.78. The lowest BCUT2D eigenvalue weighted by atomic mass is 9.88. The molecule has 4 heteroatoms. The van der Waals surface area contributed by atoms with Gasteiger partial charge in [0.1, 0.15) is 23.6 Å². The Bertz CT molecular complexity index is 685. The van der Waals surface area contributed by atoms with Crippen molar-refractivity contribution in [2.45, 2.75) is 38.3 Å². The summed E-state index contributed by atoms with van der Waals surface area (Å²) in [7, 11) is 3.63. The zero-order valence-corrected chi connectivity index (χ0v) is 14.7.